The van der Waals surface area contributed by atoms with Crippen LogP contribution >= 0.6 is 11.6 Å². The van der Waals surface area contributed by atoms with Crippen molar-refractivity contribution in [2.24, 2.45) is 0 Å². The monoisotopic (exact) mass is 498 g/mol. The second kappa shape index (κ2) is 9.85. The van der Waals surface area contributed by atoms with E-state index >= 15 is 0 Å². The quantitative estimate of drug-likeness (QED) is 0.303. The first kappa shape index (κ1) is 23.6. The van der Waals surface area contributed by atoms with Gasteiger partial charge >= 0.3 is 0 Å². The highest BCUT2D eigenvalue weighted by Crippen LogP contribution is 2.30. The Labute approximate surface area is 214 Å². The molecule has 0 radical (unpaired) electrons. The Bertz CT molecular complexity index is 1430. The predicted molar refractivity (Wildman–Crippen MR) is 140 cm³/mol. The first-order chi connectivity index (χ1) is 17.4. The average Bonchev–Trinajstić information content (AvgIpc) is 2.91. The number of anilines is 2. The summed E-state index contributed by atoms with van der Waals surface area (Å²) in [6.07, 6.45) is 0. The topological polar surface area (TPSA) is 59.1 Å². The van der Waals surface area contributed by atoms with Gasteiger partial charge < -0.3 is 9.64 Å². The van der Waals surface area contributed by atoms with E-state index in [2.05, 4.69) is 0 Å². The lowest BCUT2D eigenvalue weighted by molar-refractivity contribution is 0.0530. The summed E-state index contributed by atoms with van der Waals surface area (Å²) >= 11 is 6.17. The van der Waals surface area contributed by atoms with Gasteiger partial charge in [0.05, 0.1) is 5.69 Å². The van der Waals surface area contributed by atoms with Crippen LogP contribution in [0.3, 0.4) is 0 Å². The standard InChI is InChI=1S/C29H23ClN2O4/c1-19-25(8-5-9-27(19)30)28(33)31(2)21-10-14-23(15-11-21)36-24-16-12-22(13-17-24)32-29(34)26-7-4-3-6-20(26)18-35-32/h3-17H,18H2,1-2H3. The van der Waals surface area contributed by atoms with Gasteiger partial charge in [0.1, 0.15) is 18.1 Å². The molecular weight excluding hydrogens is 476 g/mol. The lowest BCUT2D eigenvalue weighted by Crippen LogP contribution is -2.35. The van der Waals surface area contributed by atoms with Crippen LogP contribution in [-0.2, 0) is 11.4 Å². The molecule has 6 nitrogen and oxygen atoms in total. The molecule has 4 aromatic rings. The number of hydrogen-bond acceptors (Lipinski definition) is 4. The van der Waals surface area contributed by atoms with Crippen molar-refractivity contribution in [1.29, 1.82) is 0 Å². The lowest BCUT2D eigenvalue weighted by Gasteiger charge is -2.27. The van der Waals surface area contributed by atoms with E-state index in [-0.39, 0.29) is 11.8 Å². The molecule has 0 saturated carbocycles. The first-order valence-corrected chi connectivity index (χ1v) is 11.8. The third kappa shape index (κ3) is 4.56. The molecule has 0 spiro atoms. The molecule has 5 rings (SSSR count). The van der Waals surface area contributed by atoms with Crippen LogP contribution in [0, 0.1) is 6.92 Å². The van der Waals surface area contributed by atoms with E-state index in [0.717, 1.165) is 16.8 Å². The van der Waals surface area contributed by atoms with Crippen molar-refractivity contribution in [2.75, 3.05) is 17.0 Å². The van der Waals surface area contributed by atoms with Gasteiger partial charge in [0.2, 0.25) is 0 Å². The number of amides is 2. The van der Waals surface area contributed by atoms with Gasteiger partial charge in [-0.3, -0.25) is 14.4 Å². The number of hydrogen-bond donors (Lipinski definition) is 0. The maximum Gasteiger partial charge on any atom is 0.282 e. The predicted octanol–water partition coefficient (Wildman–Crippen LogP) is 6.81. The molecule has 1 heterocycles. The fraction of sp³-hybridized carbons (Fsp3) is 0.103. The van der Waals surface area contributed by atoms with E-state index in [1.54, 1.807) is 72.6 Å². The number of rotatable bonds is 5. The molecule has 7 heteroatoms. The Morgan fingerprint density at radius 2 is 1.58 bits per heavy atom. The fourth-order valence-corrected chi connectivity index (χ4v) is 4.18. The zero-order valence-corrected chi connectivity index (χ0v) is 20.5. The highest BCUT2D eigenvalue weighted by atomic mass is 35.5. The van der Waals surface area contributed by atoms with Crippen LogP contribution in [0.1, 0.15) is 31.8 Å². The minimum absolute atomic E-state index is 0.142. The number of benzene rings is 4. The summed E-state index contributed by atoms with van der Waals surface area (Å²) in [6.45, 7) is 2.16. The van der Waals surface area contributed by atoms with E-state index in [0.29, 0.717) is 39.9 Å². The summed E-state index contributed by atoms with van der Waals surface area (Å²) in [5, 5.41) is 1.86. The minimum Gasteiger partial charge on any atom is -0.457 e. The van der Waals surface area contributed by atoms with Crippen LogP contribution in [0.4, 0.5) is 11.4 Å². The summed E-state index contributed by atoms with van der Waals surface area (Å²) in [5.41, 5.74) is 4.16. The van der Waals surface area contributed by atoms with Crippen LogP contribution in [0.15, 0.2) is 91.0 Å². The van der Waals surface area contributed by atoms with Gasteiger partial charge in [-0.1, -0.05) is 35.9 Å². The van der Waals surface area contributed by atoms with Crippen molar-refractivity contribution in [3.63, 3.8) is 0 Å². The van der Waals surface area contributed by atoms with E-state index in [1.165, 1.54) is 5.06 Å². The third-order valence-electron chi connectivity index (χ3n) is 6.12. The molecule has 0 fully saturated rings. The second-order valence-corrected chi connectivity index (χ2v) is 8.80. The fourth-order valence-electron chi connectivity index (χ4n) is 4.01. The van der Waals surface area contributed by atoms with Gasteiger partial charge in [-0.15, -0.1) is 0 Å². The Kier molecular flexibility index (Phi) is 6.46. The van der Waals surface area contributed by atoms with Crippen LogP contribution in [0.25, 0.3) is 0 Å². The molecule has 0 N–H and O–H groups in total. The van der Waals surface area contributed by atoms with E-state index < -0.39 is 0 Å². The van der Waals surface area contributed by atoms with E-state index in [9.17, 15) is 9.59 Å². The van der Waals surface area contributed by atoms with Crippen molar-refractivity contribution >= 4 is 34.8 Å². The Morgan fingerprint density at radius 3 is 2.31 bits per heavy atom. The summed E-state index contributed by atoms with van der Waals surface area (Å²) in [4.78, 5) is 33.0. The number of carbonyl (C=O) groups excluding carboxylic acids is 2. The van der Waals surface area contributed by atoms with E-state index in [1.807, 2.05) is 37.3 Å². The van der Waals surface area contributed by atoms with Crippen LogP contribution in [0.2, 0.25) is 5.02 Å². The Hall–Kier alpha value is -4.13. The largest absolute Gasteiger partial charge is 0.457 e. The van der Waals surface area contributed by atoms with Crippen molar-refractivity contribution in [3.8, 4) is 11.5 Å². The molecule has 4 aromatic carbocycles. The maximum absolute atomic E-state index is 12.9. The molecule has 0 bridgehead atoms. The van der Waals surface area contributed by atoms with Gasteiger partial charge in [-0.05, 0) is 84.8 Å². The molecule has 0 saturated heterocycles. The Morgan fingerprint density at radius 1 is 0.917 bits per heavy atom. The molecular formula is C29H23ClN2O4. The summed E-state index contributed by atoms with van der Waals surface area (Å²) in [5.74, 6) is 0.880. The molecule has 1 aliphatic rings. The molecule has 0 aromatic heterocycles. The maximum atomic E-state index is 12.9. The number of nitrogens with zero attached hydrogens (tertiary/aromatic N) is 2. The lowest BCUT2D eigenvalue weighted by atomic mass is 10.1. The normalized spacial score (nSPS) is 12.8. The third-order valence-corrected chi connectivity index (χ3v) is 6.52. The van der Waals surface area contributed by atoms with Crippen LogP contribution in [-0.4, -0.2) is 18.9 Å². The molecule has 0 atom stereocenters. The van der Waals surface area contributed by atoms with Crippen molar-refractivity contribution in [1.82, 2.24) is 0 Å². The second-order valence-electron chi connectivity index (χ2n) is 8.40. The van der Waals surface area contributed by atoms with Gasteiger partial charge in [0, 0.05) is 28.9 Å². The summed E-state index contributed by atoms with van der Waals surface area (Å²) in [6, 6.07) is 27.1. The van der Waals surface area contributed by atoms with Gasteiger partial charge in [0.25, 0.3) is 11.8 Å². The van der Waals surface area contributed by atoms with Crippen molar-refractivity contribution in [2.45, 2.75) is 13.5 Å². The smallest absolute Gasteiger partial charge is 0.282 e. The molecule has 180 valence electrons. The molecule has 36 heavy (non-hydrogen) atoms. The highest BCUT2D eigenvalue weighted by Gasteiger charge is 2.26. The van der Waals surface area contributed by atoms with E-state index in [4.69, 9.17) is 21.2 Å². The number of fused-ring (bicyclic) bond motifs is 1. The first-order valence-electron chi connectivity index (χ1n) is 11.4. The summed E-state index contributed by atoms with van der Waals surface area (Å²) < 4.78 is 5.95. The molecule has 2 amide bonds. The average molecular weight is 499 g/mol. The number of ether oxygens (including phenoxy) is 1. The zero-order chi connectivity index (χ0) is 25.2. The van der Waals surface area contributed by atoms with Crippen LogP contribution < -0.4 is 14.7 Å². The van der Waals surface area contributed by atoms with Gasteiger partial charge in [0.15, 0.2) is 0 Å². The Balaban J connectivity index is 1.26. The van der Waals surface area contributed by atoms with Gasteiger partial charge in [-0.2, -0.15) is 5.06 Å². The molecule has 0 aliphatic carbocycles. The SMILES string of the molecule is Cc1c(Cl)cccc1C(=O)N(C)c1ccc(Oc2ccc(N3OCc4ccccc4C3=O)cc2)cc1. The number of halogens is 1. The van der Waals surface area contributed by atoms with Crippen LogP contribution in [0.5, 0.6) is 11.5 Å². The highest BCUT2D eigenvalue weighted by molar-refractivity contribution is 6.32. The number of hydroxylamine groups is 1. The molecule has 0 unspecified atom stereocenters. The van der Waals surface area contributed by atoms with Gasteiger partial charge in [-0.25, -0.2) is 0 Å². The minimum atomic E-state index is -0.201. The van der Waals surface area contributed by atoms with Crippen molar-refractivity contribution in [3.05, 3.63) is 118 Å². The number of carbonyl (C=O) groups is 2. The summed E-state index contributed by atoms with van der Waals surface area (Å²) in [7, 11) is 1.72. The zero-order valence-electron chi connectivity index (χ0n) is 19.8. The molecule has 1 aliphatic heterocycles. The van der Waals surface area contributed by atoms with Crippen molar-refractivity contribution < 1.29 is 19.2 Å².